The molecular formula is C13H17FN2OS. The van der Waals surface area contributed by atoms with Crippen molar-refractivity contribution in [2.45, 2.75) is 13.0 Å². The Bertz CT molecular complexity index is 437. The molecule has 0 unspecified atom stereocenters. The minimum atomic E-state index is -0.381. The first kappa shape index (κ1) is 14.4. The number of halogens is 1. The van der Waals surface area contributed by atoms with Crippen LogP contribution in [0, 0.1) is 5.82 Å². The smallest absolute Gasteiger partial charge is 0.167 e. The predicted molar refractivity (Wildman–Crippen MR) is 75.3 cm³/mol. The van der Waals surface area contributed by atoms with Gasteiger partial charge in [-0.1, -0.05) is 12.1 Å². The van der Waals surface area contributed by atoms with Gasteiger partial charge in [-0.05, 0) is 36.8 Å². The van der Waals surface area contributed by atoms with Gasteiger partial charge in [-0.2, -0.15) is 0 Å². The Morgan fingerprint density at radius 2 is 2.33 bits per heavy atom. The highest BCUT2D eigenvalue weighted by Crippen LogP contribution is 2.21. The highest BCUT2D eigenvalue weighted by Gasteiger charge is 2.10. The van der Waals surface area contributed by atoms with Crippen molar-refractivity contribution < 1.29 is 9.13 Å². The summed E-state index contributed by atoms with van der Waals surface area (Å²) in [6.45, 7) is 6.09. The summed E-state index contributed by atoms with van der Waals surface area (Å²) in [5.74, 6) is -0.146. The van der Waals surface area contributed by atoms with Crippen molar-refractivity contribution >= 4 is 17.3 Å². The van der Waals surface area contributed by atoms with Crippen molar-refractivity contribution in [1.82, 2.24) is 10.6 Å². The van der Waals surface area contributed by atoms with Crippen LogP contribution in [0.1, 0.15) is 18.5 Å². The topological polar surface area (TPSA) is 33.3 Å². The van der Waals surface area contributed by atoms with Gasteiger partial charge >= 0.3 is 0 Å². The van der Waals surface area contributed by atoms with Crippen LogP contribution in [0.2, 0.25) is 0 Å². The Labute approximate surface area is 112 Å². The zero-order valence-electron chi connectivity index (χ0n) is 10.5. The summed E-state index contributed by atoms with van der Waals surface area (Å²) in [7, 11) is 1.44. The highest BCUT2D eigenvalue weighted by atomic mass is 32.1. The maximum absolute atomic E-state index is 13.5. The lowest BCUT2D eigenvalue weighted by Gasteiger charge is -2.17. The van der Waals surface area contributed by atoms with Gasteiger partial charge in [0.2, 0.25) is 0 Å². The molecule has 0 aliphatic heterocycles. The first-order valence-electron chi connectivity index (χ1n) is 5.57. The average Bonchev–Trinajstić information content (AvgIpc) is 2.36. The molecule has 1 aromatic carbocycles. The fraction of sp³-hybridized carbons (Fsp3) is 0.308. The minimum Gasteiger partial charge on any atom is -0.494 e. The molecule has 98 valence electrons. The third kappa shape index (κ3) is 4.00. The lowest BCUT2D eigenvalue weighted by atomic mass is 10.1. The lowest BCUT2D eigenvalue weighted by molar-refractivity contribution is 0.386. The zero-order chi connectivity index (χ0) is 13.5. The maximum atomic E-state index is 13.5. The van der Waals surface area contributed by atoms with Gasteiger partial charge in [0.1, 0.15) is 0 Å². The SMILES string of the molecule is C=CCNC(=S)N[C@H](C)c1ccc(OC)c(F)c1. The van der Waals surface area contributed by atoms with Crippen molar-refractivity contribution in [3.8, 4) is 5.75 Å². The van der Waals surface area contributed by atoms with Crippen LogP contribution in [0.4, 0.5) is 4.39 Å². The molecule has 0 heterocycles. The molecule has 0 fully saturated rings. The van der Waals surface area contributed by atoms with E-state index < -0.39 is 0 Å². The van der Waals surface area contributed by atoms with E-state index in [-0.39, 0.29) is 17.6 Å². The van der Waals surface area contributed by atoms with Crippen LogP contribution in [0.15, 0.2) is 30.9 Å². The van der Waals surface area contributed by atoms with Gasteiger partial charge in [-0.15, -0.1) is 6.58 Å². The van der Waals surface area contributed by atoms with Crippen LogP contribution in [0.5, 0.6) is 5.75 Å². The largest absolute Gasteiger partial charge is 0.494 e. The van der Waals surface area contributed by atoms with E-state index in [4.69, 9.17) is 17.0 Å². The minimum absolute atomic E-state index is 0.0878. The second-order valence-electron chi connectivity index (χ2n) is 3.76. The van der Waals surface area contributed by atoms with E-state index in [1.165, 1.54) is 13.2 Å². The first-order chi connectivity index (χ1) is 8.58. The van der Waals surface area contributed by atoms with Gasteiger partial charge in [0.05, 0.1) is 13.2 Å². The van der Waals surface area contributed by atoms with Crippen molar-refractivity contribution in [1.29, 1.82) is 0 Å². The normalized spacial score (nSPS) is 11.5. The zero-order valence-corrected chi connectivity index (χ0v) is 11.3. The van der Waals surface area contributed by atoms with E-state index >= 15 is 0 Å². The van der Waals surface area contributed by atoms with Gasteiger partial charge in [-0.3, -0.25) is 0 Å². The van der Waals surface area contributed by atoms with Crippen LogP contribution in [-0.4, -0.2) is 18.8 Å². The summed E-state index contributed by atoms with van der Waals surface area (Å²) in [6.07, 6.45) is 1.71. The number of hydrogen-bond acceptors (Lipinski definition) is 2. The molecule has 0 saturated heterocycles. The Kier molecular flexibility index (Phi) is 5.58. The van der Waals surface area contributed by atoms with Crippen LogP contribution in [0.25, 0.3) is 0 Å². The molecule has 5 heteroatoms. The van der Waals surface area contributed by atoms with E-state index in [0.717, 1.165) is 5.56 Å². The van der Waals surface area contributed by atoms with Gasteiger partial charge in [-0.25, -0.2) is 4.39 Å². The molecule has 2 N–H and O–H groups in total. The molecule has 0 aliphatic carbocycles. The van der Waals surface area contributed by atoms with Crippen molar-refractivity contribution in [3.63, 3.8) is 0 Å². The van der Waals surface area contributed by atoms with Crippen LogP contribution >= 0.6 is 12.2 Å². The molecule has 0 radical (unpaired) electrons. The third-order valence-corrected chi connectivity index (χ3v) is 2.69. The monoisotopic (exact) mass is 268 g/mol. The van der Waals surface area contributed by atoms with E-state index in [2.05, 4.69) is 17.2 Å². The quantitative estimate of drug-likeness (QED) is 0.635. The molecule has 1 rings (SSSR count). The predicted octanol–water partition coefficient (Wildman–Crippen LogP) is 2.55. The second kappa shape index (κ2) is 6.96. The highest BCUT2D eigenvalue weighted by molar-refractivity contribution is 7.80. The molecule has 1 atom stereocenters. The number of rotatable bonds is 5. The molecule has 0 aromatic heterocycles. The summed E-state index contributed by atoms with van der Waals surface area (Å²) in [4.78, 5) is 0. The van der Waals surface area contributed by atoms with E-state index in [9.17, 15) is 4.39 Å². The van der Waals surface area contributed by atoms with E-state index in [1.54, 1.807) is 18.2 Å². The number of benzene rings is 1. The lowest BCUT2D eigenvalue weighted by Crippen LogP contribution is -2.36. The Balaban J connectivity index is 2.66. The average molecular weight is 268 g/mol. The Morgan fingerprint density at radius 3 is 2.89 bits per heavy atom. The Hall–Kier alpha value is -1.62. The first-order valence-corrected chi connectivity index (χ1v) is 5.98. The fourth-order valence-corrected chi connectivity index (χ4v) is 1.71. The van der Waals surface area contributed by atoms with Crippen molar-refractivity contribution in [3.05, 3.63) is 42.2 Å². The summed E-state index contributed by atoms with van der Waals surface area (Å²) >= 11 is 5.09. The molecule has 0 aliphatic rings. The molecule has 1 aromatic rings. The number of hydrogen-bond donors (Lipinski definition) is 2. The number of nitrogens with one attached hydrogen (secondary N) is 2. The second-order valence-corrected chi connectivity index (χ2v) is 4.17. The van der Waals surface area contributed by atoms with Crippen LogP contribution in [0.3, 0.4) is 0 Å². The summed E-state index contributed by atoms with van der Waals surface area (Å²) in [6, 6.07) is 4.75. The van der Waals surface area contributed by atoms with Crippen LogP contribution in [-0.2, 0) is 0 Å². The van der Waals surface area contributed by atoms with Crippen LogP contribution < -0.4 is 15.4 Å². The van der Waals surface area contributed by atoms with Crippen molar-refractivity contribution in [2.24, 2.45) is 0 Å². The summed E-state index contributed by atoms with van der Waals surface area (Å²) < 4.78 is 18.4. The third-order valence-electron chi connectivity index (χ3n) is 2.43. The Morgan fingerprint density at radius 1 is 1.61 bits per heavy atom. The number of ether oxygens (including phenoxy) is 1. The van der Waals surface area contributed by atoms with Crippen molar-refractivity contribution in [2.75, 3.05) is 13.7 Å². The molecular weight excluding hydrogens is 251 g/mol. The molecule has 0 saturated carbocycles. The summed E-state index contributed by atoms with van der Waals surface area (Å²) in [5, 5.41) is 6.53. The van der Waals surface area contributed by atoms with Gasteiger partial charge in [0.15, 0.2) is 16.7 Å². The fourth-order valence-electron chi connectivity index (χ4n) is 1.45. The number of thiocarbonyl (C=S) groups is 1. The standard InChI is InChI=1S/C13H17FN2OS/c1-4-7-15-13(18)16-9(2)10-5-6-12(17-3)11(14)8-10/h4-6,8-9H,1,7H2,2-3H3,(H2,15,16,18)/t9-/m1/s1. The number of methoxy groups -OCH3 is 1. The summed E-state index contributed by atoms with van der Waals surface area (Å²) in [5.41, 5.74) is 0.802. The van der Waals surface area contributed by atoms with Gasteiger partial charge in [0.25, 0.3) is 0 Å². The van der Waals surface area contributed by atoms with Gasteiger partial charge < -0.3 is 15.4 Å². The van der Waals surface area contributed by atoms with Gasteiger partial charge in [0, 0.05) is 6.54 Å². The molecule has 0 spiro atoms. The molecule has 0 bridgehead atoms. The molecule has 3 nitrogen and oxygen atoms in total. The maximum Gasteiger partial charge on any atom is 0.167 e. The van der Waals surface area contributed by atoms with E-state index in [1.807, 2.05) is 6.92 Å². The molecule has 18 heavy (non-hydrogen) atoms. The molecule has 0 amide bonds. The van der Waals surface area contributed by atoms with E-state index in [0.29, 0.717) is 11.7 Å².